The molecule has 1 atom stereocenters. The number of carbonyl (C=O) groups excluding carboxylic acids is 1. The molecule has 1 aliphatic rings. The van der Waals surface area contributed by atoms with Crippen LogP contribution in [0.1, 0.15) is 33.3 Å². The number of thiophene rings is 1. The van der Waals surface area contributed by atoms with Crippen LogP contribution in [-0.2, 0) is 6.42 Å². The van der Waals surface area contributed by atoms with E-state index in [0.29, 0.717) is 28.6 Å². The van der Waals surface area contributed by atoms with Gasteiger partial charge in [0, 0.05) is 34.0 Å². The first-order chi connectivity index (χ1) is 12.7. The van der Waals surface area contributed by atoms with Crippen molar-refractivity contribution >= 4 is 34.5 Å². The Morgan fingerprint density at radius 2 is 1.96 bits per heavy atom. The fraction of sp³-hybridized carbons (Fsp3) is 0.158. The summed E-state index contributed by atoms with van der Waals surface area (Å²) in [4.78, 5) is 23.0. The second-order valence-corrected chi connectivity index (χ2v) is 7.75. The number of hydrogen-bond acceptors (Lipinski definition) is 5. The number of Topliss-reactive ketones (excluding diaryl/α,β-unsaturated/α-hetero) is 1. The van der Waals surface area contributed by atoms with Crippen LogP contribution >= 0.6 is 22.9 Å². The first-order valence-electron chi connectivity index (χ1n) is 8.26. The zero-order chi connectivity index (χ0) is 17.7. The van der Waals surface area contributed by atoms with Gasteiger partial charge in [-0.1, -0.05) is 17.7 Å². The third kappa shape index (κ3) is 2.62. The minimum Gasteiger partial charge on any atom is -0.294 e. The second kappa shape index (κ2) is 6.00. The van der Waals surface area contributed by atoms with E-state index >= 15 is 0 Å². The van der Waals surface area contributed by atoms with E-state index in [9.17, 15) is 4.79 Å². The smallest absolute Gasteiger partial charge is 0.252 e. The molecule has 7 heteroatoms. The molecule has 0 spiro atoms. The Kier molecular flexibility index (Phi) is 3.62. The highest BCUT2D eigenvalue weighted by Crippen LogP contribution is 2.34. The largest absolute Gasteiger partial charge is 0.294 e. The van der Waals surface area contributed by atoms with Crippen molar-refractivity contribution in [3.05, 3.63) is 69.1 Å². The summed E-state index contributed by atoms with van der Waals surface area (Å²) in [6.07, 6.45) is 3.03. The maximum Gasteiger partial charge on any atom is 0.252 e. The average molecular weight is 381 g/mol. The summed E-state index contributed by atoms with van der Waals surface area (Å²) in [5.41, 5.74) is 2.32. The molecule has 5 nitrogen and oxygen atoms in total. The molecule has 0 N–H and O–H groups in total. The lowest BCUT2D eigenvalue weighted by atomic mass is 9.86. The number of ketones is 1. The molecule has 4 aromatic rings. The molecule has 1 unspecified atom stereocenters. The Bertz CT molecular complexity index is 1120. The molecule has 128 valence electrons. The van der Waals surface area contributed by atoms with Crippen LogP contribution in [0.2, 0.25) is 5.02 Å². The lowest BCUT2D eigenvalue weighted by Gasteiger charge is -2.21. The summed E-state index contributed by atoms with van der Waals surface area (Å²) in [5, 5.41) is 7.18. The SMILES string of the molecule is O=C1CC(c2cccs2)Cc2nc3nc(-c4ccc(Cl)cc4)nn3cc21. The molecule has 0 aliphatic heterocycles. The number of aromatic nitrogens is 4. The van der Waals surface area contributed by atoms with Gasteiger partial charge in [-0.15, -0.1) is 16.4 Å². The number of carbonyl (C=O) groups is 1. The molecule has 0 bridgehead atoms. The molecule has 0 saturated heterocycles. The first kappa shape index (κ1) is 15.7. The highest BCUT2D eigenvalue weighted by atomic mass is 35.5. The van der Waals surface area contributed by atoms with Gasteiger partial charge in [0.05, 0.1) is 11.3 Å². The Labute approximate surface area is 158 Å². The zero-order valence-corrected chi connectivity index (χ0v) is 15.2. The molecule has 0 radical (unpaired) electrons. The summed E-state index contributed by atoms with van der Waals surface area (Å²) >= 11 is 7.63. The lowest BCUT2D eigenvalue weighted by Crippen LogP contribution is -2.20. The van der Waals surface area contributed by atoms with Crippen molar-refractivity contribution < 1.29 is 4.79 Å². The topological polar surface area (TPSA) is 60.2 Å². The van der Waals surface area contributed by atoms with Gasteiger partial charge in [-0.05, 0) is 42.1 Å². The molecule has 1 aliphatic carbocycles. The van der Waals surface area contributed by atoms with Crippen molar-refractivity contribution in [2.45, 2.75) is 18.8 Å². The second-order valence-electron chi connectivity index (χ2n) is 6.33. The van der Waals surface area contributed by atoms with Crippen LogP contribution in [0.4, 0.5) is 0 Å². The highest BCUT2D eigenvalue weighted by Gasteiger charge is 2.29. The fourth-order valence-electron chi connectivity index (χ4n) is 3.33. The maximum absolute atomic E-state index is 12.6. The molecule has 5 rings (SSSR count). The molecule has 0 amide bonds. The Morgan fingerprint density at radius 1 is 1.12 bits per heavy atom. The van der Waals surface area contributed by atoms with Crippen molar-refractivity contribution in [2.24, 2.45) is 0 Å². The van der Waals surface area contributed by atoms with Crippen LogP contribution in [0.5, 0.6) is 0 Å². The van der Waals surface area contributed by atoms with Crippen molar-refractivity contribution in [2.75, 3.05) is 0 Å². The van der Waals surface area contributed by atoms with Crippen LogP contribution in [0, 0.1) is 0 Å². The van der Waals surface area contributed by atoms with Gasteiger partial charge in [0.25, 0.3) is 5.78 Å². The van der Waals surface area contributed by atoms with Gasteiger partial charge >= 0.3 is 0 Å². The summed E-state index contributed by atoms with van der Waals surface area (Å²) in [7, 11) is 0. The summed E-state index contributed by atoms with van der Waals surface area (Å²) < 4.78 is 1.59. The lowest BCUT2D eigenvalue weighted by molar-refractivity contribution is 0.0963. The van der Waals surface area contributed by atoms with Gasteiger partial charge in [-0.25, -0.2) is 9.50 Å². The molecule has 3 aromatic heterocycles. The number of halogens is 1. The van der Waals surface area contributed by atoms with Gasteiger partial charge in [0.1, 0.15) is 0 Å². The number of nitrogens with zero attached hydrogens (tertiary/aromatic N) is 4. The normalized spacial score (nSPS) is 16.8. The third-order valence-corrected chi connectivity index (χ3v) is 5.92. The molecule has 1 aromatic carbocycles. The van der Waals surface area contributed by atoms with Gasteiger partial charge in [-0.3, -0.25) is 4.79 Å². The molecule has 3 heterocycles. The van der Waals surface area contributed by atoms with Crippen LogP contribution in [0.3, 0.4) is 0 Å². The predicted octanol–water partition coefficient (Wildman–Crippen LogP) is 4.42. The Hall–Kier alpha value is -2.57. The van der Waals surface area contributed by atoms with Gasteiger partial charge in [0.15, 0.2) is 11.6 Å². The molecule has 26 heavy (non-hydrogen) atoms. The average Bonchev–Trinajstić information content (AvgIpc) is 3.30. The maximum atomic E-state index is 12.6. The van der Waals surface area contributed by atoms with Gasteiger partial charge in [0.2, 0.25) is 0 Å². The molecule has 0 fully saturated rings. The van der Waals surface area contributed by atoms with E-state index in [4.69, 9.17) is 11.6 Å². The number of rotatable bonds is 2. The third-order valence-electron chi connectivity index (χ3n) is 4.63. The predicted molar refractivity (Wildman–Crippen MR) is 101 cm³/mol. The molecular formula is C19H13ClN4OS. The van der Waals surface area contributed by atoms with E-state index in [0.717, 1.165) is 17.7 Å². The standard InChI is InChI=1S/C19H13ClN4OS/c20-13-5-3-11(4-6-13)18-22-19-21-15-8-12(17-2-1-7-26-17)9-16(25)14(15)10-24(19)23-18/h1-7,10,12H,8-9H2. The van der Waals surface area contributed by atoms with Crippen molar-refractivity contribution in [1.82, 2.24) is 19.6 Å². The molecular weight excluding hydrogens is 368 g/mol. The van der Waals surface area contributed by atoms with Crippen LogP contribution in [-0.4, -0.2) is 25.4 Å². The van der Waals surface area contributed by atoms with E-state index < -0.39 is 0 Å². The van der Waals surface area contributed by atoms with Crippen molar-refractivity contribution in [3.8, 4) is 11.4 Å². The van der Waals surface area contributed by atoms with E-state index in [1.165, 1.54) is 4.88 Å². The van der Waals surface area contributed by atoms with Crippen LogP contribution < -0.4 is 0 Å². The van der Waals surface area contributed by atoms with E-state index in [-0.39, 0.29) is 11.7 Å². The summed E-state index contributed by atoms with van der Waals surface area (Å²) in [6, 6.07) is 11.5. The number of benzene rings is 1. The number of hydrogen-bond donors (Lipinski definition) is 0. The quantitative estimate of drug-likeness (QED) is 0.516. The van der Waals surface area contributed by atoms with E-state index in [1.54, 1.807) is 34.2 Å². The summed E-state index contributed by atoms with van der Waals surface area (Å²) in [5.74, 6) is 1.39. The Balaban J connectivity index is 1.57. The minimum atomic E-state index is 0.114. The van der Waals surface area contributed by atoms with Crippen molar-refractivity contribution in [3.63, 3.8) is 0 Å². The van der Waals surface area contributed by atoms with E-state index in [2.05, 4.69) is 21.1 Å². The fourth-order valence-corrected chi connectivity index (χ4v) is 4.29. The van der Waals surface area contributed by atoms with Crippen LogP contribution in [0.25, 0.3) is 17.2 Å². The van der Waals surface area contributed by atoms with Crippen molar-refractivity contribution in [1.29, 1.82) is 0 Å². The first-order valence-corrected chi connectivity index (χ1v) is 9.52. The zero-order valence-electron chi connectivity index (χ0n) is 13.6. The number of fused-ring (bicyclic) bond motifs is 2. The molecule has 0 saturated carbocycles. The van der Waals surface area contributed by atoms with Gasteiger partial charge < -0.3 is 0 Å². The summed E-state index contributed by atoms with van der Waals surface area (Å²) in [6.45, 7) is 0. The van der Waals surface area contributed by atoms with Gasteiger partial charge in [-0.2, -0.15) is 4.98 Å². The monoisotopic (exact) mass is 380 g/mol. The Morgan fingerprint density at radius 3 is 2.73 bits per heavy atom. The van der Waals surface area contributed by atoms with E-state index in [1.807, 2.05) is 23.6 Å². The van der Waals surface area contributed by atoms with Crippen LogP contribution in [0.15, 0.2) is 48.0 Å². The minimum absolute atomic E-state index is 0.114. The highest BCUT2D eigenvalue weighted by molar-refractivity contribution is 7.10.